The highest BCUT2D eigenvalue weighted by atomic mass is 32.1. The first-order valence-electron chi connectivity index (χ1n) is 13.5. The zero-order valence-corrected chi connectivity index (χ0v) is 23.9. The lowest BCUT2D eigenvalue weighted by molar-refractivity contribution is -0.384. The Morgan fingerprint density at radius 2 is 1.79 bits per heavy atom. The molecule has 4 aromatic rings. The molecule has 0 unspecified atom stereocenters. The standard InChI is InChI=1S/C30H31N7O4S/c1-41-28-5-3-2-4-23(28)18-32-30(42)35-16-14-34(15-17-35)25-10-12-26(13-11-25)36(20-24-19-31-21-33-24)29(38)22-6-8-27(9-7-22)37(39)40/h2-13,19,21H,14-18,20H2,1H3,(H,31,33)(H,32,42). The number of hydrogen-bond acceptors (Lipinski definition) is 7. The van der Waals surface area contributed by atoms with Crippen molar-refractivity contribution in [2.75, 3.05) is 43.1 Å². The molecule has 0 saturated carbocycles. The molecule has 42 heavy (non-hydrogen) atoms. The van der Waals surface area contributed by atoms with Crippen LogP contribution >= 0.6 is 12.2 Å². The van der Waals surface area contributed by atoms with Crippen LogP contribution in [0.25, 0.3) is 0 Å². The Balaban J connectivity index is 1.22. The zero-order chi connectivity index (χ0) is 29.5. The number of nitrogens with zero attached hydrogens (tertiary/aromatic N) is 5. The van der Waals surface area contributed by atoms with Gasteiger partial charge in [0.25, 0.3) is 11.6 Å². The van der Waals surface area contributed by atoms with E-state index >= 15 is 0 Å². The second-order valence-corrected chi connectivity index (χ2v) is 10.1. The van der Waals surface area contributed by atoms with Crippen molar-refractivity contribution < 1.29 is 14.5 Å². The fourth-order valence-corrected chi connectivity index (χ4v) is 5.10. The average Bonchev–Trinajstić information content (AvgIpc) is 3.56. The van der Waals surface area contributed by atoms with Gasteiger partial charge in [-0.3, -0.25) is 14.9 Å². The van der Waals surface area contributed by atoms with E-state index in [0.29, 0.717) is 17.8 Å². The second-order valence-electron chi connectivity index (χ2n) is 9.73. The molecule has 11 nitrogen and oxygen atoms in total. The van der Waals surface area contributed by atoms with Crippen molar-refractivity contribution >= 4 is 40.3 Å². The number of amides is 1. The highest BCUT2D eigenvalue weighted by molar-refractivity contribution is 7.80. The molecular formula is C30H31N7O4S. The van der Waals surface area contributed by atoms with Gasteiger partial charge in [-0.15, -0.1) is 0 Å². The smallest absolute Gasteiger partial charge is 0.269 e. The van der Waals surface area contributed by atoms with Gasteiger partial charge in [0.15, 0.2) is 5.11 Å². The Morgan fingerprint density at radius 3 is 2.43 bits per heavy atom. The molecule has 1 amide bonds. The molecule has 3 aromatic carbocycles. The summed E-state index contributed by atoms with van der Waals surface area (Å²) in [7, 11) is 1.66. The number of anilines is 2. The lowest BCUT2D eigenvalue weighted by atomic mass is 10.1. The van der Waals surface area contributed by atoms with Crippen LogP contribution in [0.1, 0.15) is 21.6 Å². The van der Waals surface area contributed by atoms with Gasteiger partial charge >= 0.3 is 0 Å². The van der Waals surface area contributed by atoms with E-state index < -0.39 is 4.92 Å². The van der Waals surface area contributed by atoms with Gasteiger partial charge in [0.05, 0.1) is 30.6 Å². The highest BCUT2D eigenvalue weighted by Crippen LogP contribution is 2.25. The van der Waals surface area contributed by atoms with Gasteiger partial charge in [0.2, 0.25) is 0 Å². The van der Waals surface area contributed by atoms with Crippen molar-refractivity contribution in [3.8, 4) is 5.75 Å². The summed E-state index contributed by atoms with van der Waals surface area (Å²) in [6, 6.07) is 21.4. The van der Waals surface area contributed by atoms with Crippen LogP contribution in [0.3, 0.4) is 0 Å². The molecule has 1 aromatic heterocycles. The third-order valence-corrected chi connectivity index (χ3v) is 7.57. The number of nitrogens with one attached hydrogen (secondary N) is 2. The molecule has 1 fully saturated rings. The normalized spacial score (nSPS) is 13.0. The number of nitro groups is 1. The Labute approximate surface area is 248 Å². The number of ether oxygens (including phenoxy) is 1. The molecule has 1 saturated heterocycles. The van der Waals surface area contributed by atoms with Gasteiger partial charge in [-0.05, 0) is 54.7 Å². The molecule has 0 spiro atoms. The van der Waals surface area contributed by atoms with Crippen LogP contribution in [0.4, 0.5) is 17.1 Å². The molecule has 5 rings (SSSR count). The van der Waals surface area contributed by atoms with Crippen LogP contribution in [-0.4, -0.2) is 64.1 Å². The Morgan fingerprint density at radius 1 is 1.07 bits per heavy atom. The van der Waals surface area contributed by atoms with E-state index in [0.717, 1.165) is 54.0 Å². The van der Waals surface area contributed by atoms with Crippen LogP contribution in [0.15, 0.2) is 85.3 Å². The van der Waals surface area contributed by atoms with Crippen molar-refractivity contribution in [2.45, 2.75) is 13.1 Å². The van der Waals surface area contributed by atoms with Crippen LogP contribution < -0.4 is 19.9 Å². The number of hydrogen-bond donors (Lipinski definition) is 2. The summed E-state index contributed by atoms with van der Waals surface area (Å²) >= 11 is 5.66. The molecule has 0 atom stereocenters. The van der Waals surface area contributed by atoms with Crippen molar-refractivity contribution in [1.29, 1.82) is 0 Å². The van der Waals surface area contributed by atoms with Crippen molar-refractivity contribution in [2.24, 2.45) is 0 Å². The number of piperazine rings is 1. The minimum Gasteiger partial charge on any atom is -0.496 e. The van der Waals surface area contributed by atoms with Gasteiger partial charge in [0, 0.05) is 73.6 Å². The fraction of sp³-hybridized carbons (Fsp3) is 0.233. The zero-order valence-electron chi connectivity index (χ0n) is 23.1. The number of aromatic nitrogens is 2. The summed E-state index contributed by atoms with van der Waals surface area (Å²) in [5.41, 5.74) is 3.86. The van der Waals surface area contributed by atoms with E-state index in [-0.39, 0.29) is 18.1 Å². The number of rotatable bonds is 9. The van der Waals surface area contributed by atoms with E-state index in [1.165, 1.54) is 24.3 Å². The van der Waals surface area contributed by atoms with Gasteiger partial charge in [0.1, 0.15) is 5.75 Å². The summed E-state index contributed by atoms with van der Waals surface area (Å²) < 4.78 is 5.43. The van der Waals surface area contributed by atoms with E-state index in [1.54, 1.807) is 24.5 Å². The second kappa shape index (κ2) is 13.1. The third kappa shape index (κ3) is 6.66. The topological polar surface area (TPSA) is 120 Å². The first-order chi connectivity index (χ1) is 20.4. The summed E-state index contributed by atoms with van der Waals surface area (Å²) in [5.74, 6) is 0.564. The number of benzene rings is 3. The Kier molecular flexibility index (Phi) is 8.93. The average molecular weight is 586 g/mol. The number of para-hydroxylation sites is 1. The van der Waals surface area contributed by atoms with Crippen molar-refractivity contribution in [1.82, 2.24) is 20.2 Å². The lowest BCUT2D eigenvalue weighted by Crippen LogP contribution is -2.51. The molecule has 0 radical (unpaired) electrons. The molecule has 0 aliphatic carbocycles. The predicted molar refractivity (Wildman–Crippen MR) is 165 cm³/mol. The Bertz CT molecular complexity index is 1520. The molecule has 0 bridgehead atoms. The van der Waals surface area contributed by atoms with E-state index in [1.807, 2.05) is 48.5 Å². The number of carbonyl (C=O) groups excluding carboxylic acids is 1. The van der Waals surface area contributed by atoms with E-state index in [4.69, 9.17) is 17.0 Å². The molecule has 2 N–H and O–H groups in total. The quantitative estimate of drug-likeness (QED) is 0.168. The molecular weight excluding hydrogens is 554 g/mol. The molecule has 216 valence electrons. The maximum atomic E-state index is 13.5. The number of aromatic amines is 1. The number of nitro benzene ring substituents is 1. The SMILES string of the molecule is COc1ccccc1CNC(=S)N1CCN(c2ccc(N(Cc3cnc[nH]3)C(=O)c3ccc([N+](=O)[O-])cc3)cc2)CC1. The maximum absolute atomic E-state index is 13.5. The van der Waals surface area contributed by atoms with Crippen molar-refractivity contribution in [3.63, 3.8) is 0 Å². The number of imidazole rings is 1. The number of H-pyrrole nitrogens is 1. The summed E-state index contributed by atoms with van der Waals surface area (Å²) in [6.07, 6.45) is 3.23. The lowest BCUT2D eigenvalue weighted by Gasteiger charge is -2.37. The number of non-ortho nitro benzene ring substituents is 1. The number of methoxy groups -OCH3 is 1. The van der Waals surface area contributed by atoms with Gasteiger partial charge in [-0.1, -0.05) is 18.2 Å². The largest absolute Gasteiger partial charge is 0.496 e. The fourth-order valence-electron chi connectivity index (χ4n) is 4.85. The minimum absolute atomic E-state index is 0.0657. The predicted octanol–water partition coefficient (Wildman–Crippen LogP) is 4.37. The summed E-state index contributed by atoms with van der Waals surface area (Å²) in [5, 5.41) is 15.1. The van der Waals surface area contributed by atoms with Gasteiger partial charge in [-0.25, -0.2) is 4.98 Å². The van der Waals surface area contributed by atoms with E-state index in [2.05, 4.69) is 25.1 Å². The van der Waals surface area contributed by atoms with Crippen molar-refractivity contribution in [3.05, 3.63) is 112 Å². The minimum atomic E-state index is -0.485. The molecule has 2 heterocycles. The monoisotopic (exact) mass is 585 g/mol. The third-order valence-electron chi connectivity index (χ3n) is 7.17. The first-order valence-corrected chi connectivity index (χ1v) is 13.9. The number of carbonyl (C=O) groups is 1. The molecule has 12 heteroatoms. The Hall–Kier alpha value is -4.97. The van der Waals surface area contributed by atoms with Crippen LogP contribution in [0.5, 0.6) is 5.75 Å². The number of thiocarbonyl (C=S) groups is 1. The maximum Gasteiger partial charge on any atom is 0.269 e. The summed E-state index contributed by atoms with van der Waals surface area (Å²) in [4.78, 5) is 37.3. The molecule has 1 aliphatic heterocycles. The van der Waals surface area contributed by atoms with Gasteiger partial charge < -0.3 is 29.7 Å². The van der Waals surface area contributed by atoms with Gasteiger partial charge in [-0.2, -0.15) is 0 Å². The van der Waals surface area contributed by atoms with Crippen LogP contribution in [-0.2, 0) is 13.1 Å². The van der Waals surface area contributed by atoms with Crippen LogP contribution in [0, 0.1) is 10.1 Å². The highest BCUT2D eigenvalue weighted by Gasteiger charge is 2.22. The van der Waals surface area contributed by atoms with Crippen LogP contribution in [0.2, 0.25) is 0 Å². The molecule has 1 aliphatic rings. The first kappa shape index (κ1) is 28.6. The van der Waals surface area contributed by atoms with E-state index in [9.17, 15) is 14.9 Å². The summed E-state index contributed by atoms with van der Waals surface area (Å²) in [6.45, 7) is 4.03.